The smallest absolute Gasteiger partial charge is 0.280 e. The number of rotatable bonds is 10. The Hall–Kier alpha value is -5.87. The molecule has 5 rings (SSSR count). The summed E-state index contributed by atoms with van der Waals surface area (Å²) in [5.74, 6) is 3.59. The molecule has 5 aromatic rings. The quantitative estimate of drug-likeness (QED) is 0.219. The number of likely N-dealkylation sites (N-methyl/N-ethyl adjacent to an activating group) is 1. The maximum atomic E-state index is 13.7. The third-order valence-electron chi connectivity index (χ3n) is 7.72. The SMILES string of the molecule is COCCN(C)C(=O)c1ccc(Nc2ncc3cc(C#CCNC(=O)c4c(C)n(C)n(Cc5ccc(F)c(F)c5)c4=O)ccc3n2)cc1. The van der Waals surface area contributed by atoms with Crippen LogP contribution in [0.4, 0.5) is 20.4 Å². The highest BCUT2D eigenvalue weighted by atomic mass is 19.2. The number of fused-ring (bicyclic) bond motifs is 1. The van der Waals surface area contributed by atoms with Gasteiger partial charge in [0.15, 0.2) is 11.6 Å². The first-order valence-electron chi connectivity index (χ1n) is 14.9. The summed E-state index contributed by atoms with van der Waals surface area (Å²) in [5.41, 5.74) is 2.85. The summed E-state index contributed by atoms with van der Waals surface area (Å²) < 4.78 is 34.8. The number of carbonyl (C=O) groups excluding carboxylic acids is 2. The van der Waals surface area contributed by atoms with Crippen LogP contribution in [0, 0.1) is 30.4 Å². The van der Waals surface area contributed by atoms with Crippen LogP contribution in [0.2, 0.25) is 0 Å². The number of hydrogen-bond acceptors (Lipinski definition) is 7. The van der Waals surface area contributed by atoms with E-state index in [4.69, 9.17) is 4.74 Å². The molecule has 2 aromatic heterocycles. The van der Waals surface area contributed by atoms with Gasteiger partial charge in [0.25, 0.3) is 17.4 Å². The molecule has 13 heteroatoms. The molecule has 0 aliphatic rings. The molecule has 0 aliphatic heterocycles. The summed E-state index contributed by atoms with van der Waals surface area (Å²) in [6.45, 7) is 2.54. The molecule has 0 saturated carbocycles. The number of amides is 2. The molecule has 2 N–H and O–H groups in total. The summed E-state index contributed by atoms with van der Waals surface area (Å²) >= 11 is 0. The Bertz CT molecular complexity index is 2110. The van der Waals surface area contributed by atoms with Crippen molar-refractivity contribution in [1.82, 2.24) is 29.5 Å². The van der Waals surface area contributed by atoms with E-state index in [1.165, 1.54) is 15.4 Å². The van der Waals surface area contributed by atoms with E-state index in [1.54, 1.807) is 69.6 Å². The first-order valence-corrected chi connectivity index (χ1v) is 14.9. The molecule has 0 atom stereocenters. The third kappa shape index (κ3) is 7.56. The highest BCUT2D eigenvalue weighted by Gasteiger charge is 2.21. The molecule has 0 bridgehead atoms. The Labute approximate surface area is 275 Å². The Kier molecular flexibility index (Phi) is 10.3. The third-order valence-corrected chi connectivity index (χ3v) is 7.72. The first-order chi connectivity index (χ1) is 23.0. The van der Waals surface area contributed by atoms with Crippen molar-refractivity contribution in [2.45, 2.75) is 13.5 Å². The molecule has 11 nitrogen and oxygen atoms in total. The van der Waals surface area contributed by atoms with Crippen molar-refractivity contribution in [3.63, 3.8) is 0 Å². The number of hydrogen-bond donors (Lipinski definition) is 2. The van der Waals surface area contributed by atoms with Gasteiger partial charge in [0.2, 0.25) is 5.95 Å². The van der Waals surface area contributed by atoms with Crippen LogP contribution in [0.5, 0.6) is 0 Å². The van der Waals surface area contributed by atoms with E-state index in [9.17, 15) is 23.2 Å². The molecule has 0 radical (unpaired) electrons. The maximum Gasteiger partial charge on any atom is 0.280 e. The summed E-state index contributed by atoms with van der Waals surface area (Å²) in [6.07, 6.45) is 1.67. The lowest BCUT2D eigenvalue weighted by Gasteiger charge is -2.16. The standard InChI is InChI=1S/C35H33F2N7O4/c1-22-31(34(47)44(43(22)3)21-24-7-13-28(36)29(37)19-24)32(45)38-15-5-6-23-8-14-30-26(18-23)20-39-35(41-30)40-27-11-9-25(10-12-27)33(46)42(2)16-17-48-4/h7-14,18-20H,15-17,21H2,1-4H3,(H,38,45)(H,39,40,41). The van der Waals surface area contributed by atoms with Gasteiger partial charge in [-0.3, -0.25) is 19.1 Å². The van der Waals surface area contributed by atoms with Gasteiger partial charge < -0.3 is 20.3 Å². The summed E-state index contributed by atoms with van der Waals surface area (Å²) in [7, 11) is 4.93. The number of halogens is 2. The van der Waals surface area contributed by atoms with Gasteiger partial charge in [-0.1, -0.05) is 17.9 Å². The van der Waals surface area contributed by atoms with Crippen molar-refractivity contribution in [2.75, 3.05) is 39.2 Å². The lowest BCUT2D eigenvalue weighted by atomic mass is 10.1. The van der Waals surface area contributed by atoms with Crippen molar-refractivity contribution in [3.05, 3.63) is 117 Å². The molecule has 0 fully saturated rings. The van der Waals surface area contributed by atoms with E-state index in [0.717, 1.165) is 23.2 Å². The first kappa shape index (κ1) is 33.5. The van der Waals surface area contributed by atoms with E-state index < -0.39 is 23.1 Å². The number of anilines is 2. The van der Waals surface area contributed by atoms with Crippen LogP contribution < -0.4 is 16.2 Å². The molecule has 0 unspecified atom stereocenters. The molecule has 2 heterocycles. The lowest BCUT2D eigenvalue weighted by molar-refractivity contribution is 0.0744. The molecule has 3 aromatic carbocycles. The number of carbonyl (C=O) groups is 2. The molecule has 246 valence electrons. The van der Waals surface area contributed by atoms with Crippen LogP contribution >= 0.6 is 0 Å². The normalized spacial score (nSPS) is 10.8. The Morgan fingerprint density at radius 2 is 1.81 bits per heavy atom. The largest absolute Gasteiger partial charge is 0.383 e. The Balaban J connectivity index is 1.19. The number of ether oxygens (including phenoxy) is 1. The van der Waals surface area contributed by atoms with Crippen LogP contribution in [0.3, 0.4) is 0 Å². The van der Waals surface area contributed by atoms with Crippen molar-refractivity contribution in [3.8, 4) is 11.8 Å². The average molecular weight is 654 g/mol. The second kappa shape index (κ2) is 14.7. The van der Waals surface area contributed by atoms with Crippen LogP contribution in [0.25, 0.3) is 10.9 Å². The number of nitrogens with one attached hydrogen (secondary N) is 2. The zero-order valence-corrected chi connectivity index (χ0v) is 26.8. The Morgan fingerprint density at radius 3 is 2.54 bits per heavy atom. The van der Waals surface area contributed by atoms with E-state index in [-0.39, 0.29) is 24.6 Å². The van der Waals surface area contributed by atoms with Crippen molar-refractivity contribution < 1.29 is 23.1 Å². The fourth-order valence-electron chi connectivity index (χ4n) is 4.92. The molecule has 0 spiro atoms. The molecular weight excluding hydrogens is 620 g/mol. The fourth-order valence-corrected chi connectivity index (χ4v) is 4.92. The maximum absolute atomic E-state index is 13.7. The van der Waals surface area contributed by atoms with E-state index in [1.807, 2.05) is 12.1 Å². The molecule has 0 aliphatic carbocycles. The van der Waals surface area contributed by atoms with E-state index in [0.29, 0.717) is 47.0 Å². The monoisotopic (exact) mass is 653 g/mol. The van der Waals surface area contributed by atoms with E-state index in [2.05, 4.69) is 32.4 Å². The number of benzene rings is 3. The summed E-state index contributed by atoms with van der Waals surface area (Å²) in [4.78, 5) is 49.0. The van der Waals surface area contributed by atoms with Gasteiger partial charge in [-0.05, 0) is 67.1 Å². The Morgan fingerprint density at radius 1 is 1.04 bits per heavy atom. The topological polar surface area (TPSA) is 123 Å². The van der Waals surface area contributed by atoms with Crippen molar-refractivity contribution in [1.29, 1.82) is 0 Å². The van der Waals surface area contributed by atoms with Crippen molar-refractivity contribution >= 4 is 34.4 Å². The van der Waals surface area contributed by atoms with Gasteiger partial charge >= 0.3 is 0 Å². The minimum atomic E-state index is -1.01. The van der Waals surface area contributed by atoms with Gasteiger partial charge in [0.1, 0.15) is 5.56 Å². The molecule has 2 amide bonds. The minimum Gasteiger partial charge on any atom is -0.383 e. The predicted octanol–water partition coefficient (Wildman–Crippen LogP) is 4.01. The van der Waals surface area contributed by atoms with Crippen LogP contribution in [0.1, 0.15) is 37.5 Å². The highest BCUT2D eigenvalue weighted by Crippen LogP contribution is 2.19. The minimum absolute atomic E-state index is 0.0129. The molecule has 0 saturated heterocycles. The predicted molar refractivity (Wildman–Crippen MR) is 177 cm³/mol. The van der Waals surface area contributed by atoms with Gasteiger partial charge in [-0.25, -0.2) is 23.4 Å². The number of nitrogens with zero attached hydrogens (tertiary/aromatic N) is 5. The molecular formula is C35H33F2N7O4. The van der Waals surface area contributed by atoms with Crippen LogP contribution in [-0.4, -0.2) is 69.9 Å². The summed E-state index contributed by atoms with van der Waals surface area (Å²) in [5, 5.41) is 6.56. The molecule has 48 heavy (non-hydrogen) atoms. The second-order valence-corrected chi connectivity index (χ2v) is 11.0. The zero-order chi connectivity index (χ0) is 34.4. The average Bonchev–Trinajstić information content (AvgIpc) is 3.29. The lowest BCUT2D eigenvalue weighted by Crippen LogP contribution is -2.31. The fraction of sp³-hybridized carbons (Fsp3) is 0.229. The van der Waals surface area contributed by atoms with Gasteiger partial charge in [-0.15, -0.1) is 0 Å². The second-order valence-electron chi connectivity index (χ2n) is 11.0. The highest BCUT2D eigenvalue weighted by molar-refractivity contribution is 5.95. The zero-order valence-electron chi connectivity index (χ0n) is 26.8. The van der Waals surface area contributed by atoms with E-state index >= 15 is 0 Å². The van der Waals surface area contributed by atoms with Gasteiger partial charge in [0, 0.05) is 61.8 Å². The summed E-state index contributed by atoms with van der Waals surface area (Å²) in [6, 6.07) is 15.9. The van der Waals surface area contributed by atoms with Gasteiger partial charge in [-0.2, -0.15) is 0 Å². The van der Waals surface area contributed by atoms with Crippen LogP contribution in [0.15, 0.2) is 71.7 Å². The van der Waals surface area contributed by atoms with Crippen LogP contribution in [-0.2, 0) is 18.3 Å². The number of methoxy groups -OCH3 is 1. The number of aromatic nitrogens is 4. The van der Waals surface area contributed by atoms with Crippen molar-refractivity contribution in [2.24, 2.45) is 7.05 Å². The van der Waals surface area contributed by atoms with Gasteiger partial charge in [0.05, 0.1) is 25.2 Å².